The van der Waals surface area contributed by atoms with E-state index in [1.807, 2.05) is 43.3 Å². The molecule has 0 aliphatic heterocycles. The summed E-state index contributed by atoms with van der Waals surface area (Å²) in [4.78, 5) is 18.9. The molecule has 0 aliphatic rings. The summed E-state index contributed by atoms with van der Waals surface area (Å²) in [6.07, 6.45) is 1.70. The number of thiophene rings is 1. The van der Waals surface area contributed by atoms with Crippen LogP contribution in [0, 0.1) is 6.92 Å². The lowest BCUT2D eigenvalue weighted by Crippen LogP contribution is -2.22. The number of rotatable bonds is 6. The number of thioether (sulfide) groups is 1. The van der Waals surface area contributed by atoms with Gasteiger partial charge in [0.25, 0.3) is 5.56 Å². The Bertz CT molecular complexity index is 1190. The molecule has 0 amide bonds. The predicted octanol–water partition coefficient (Wildman–Crippen LogP) is 4.86. The third kappa shape index (κ3) is 3.53. The van der Waals surface area contributed by atoms with E-state index in [1.54, 1.807) is 17.6 Å². The lowest BCUT2D eigenvalue weighted by Gasteiger charge is -2.12. The summed E-state index contributed by atoms with van der Waals surface area (Å²) >= 11 is 2.89. The minimum Gasteiger partial charge on any atom is -0.424 e. The molecule has 0 N–H and O–H groups in total. The molecule has 142 valence electrons. The number of fused-ring (bicyclic) bond motifs is 1. The first-order chi connectivity index (χ1) is 13.6. The van der Waals surface area contributed by atoms with Gasteiger partial charge in [-0.25, -0.2) is 4.98 Å². The van der Waals surface area contributed by atoms with Crippen molar-refractivity contribution in [3.8, 4) is 10.4 Å². The summed E-state index contributed by atoms with van der Waals surface area (Å²) in [5.74, 6) is 1.02. The SMILES string of the molecule is C=CCn1c(SC(C)c2nnc(C)o2)nc2cc(-c3ccccc3)sc2c1=O. The van der Waals surface area contributed by atoms with E-state index < -0.39 is 0 Å². The van der Waals surface area contributed by atoms with E-state index in [4.69, 9.17) is 9.40 Å². The van der Waals surface area contributed by atoms with Crippen LogP contribution in [0.15, 0.2) is 63.4 Å². The fourth-order valence-electron chi connectivity index (χ4n) is 2.80. The molecule has 0 spiro atoms. The lowest BCUT2D eigenvalue weighted by atomic mass is 10.2. The molecule has 0 radical (unpaired) electrons. The van der Waals surface area contributed by atoms with E-state index in [1.165, 1.54) is 23.1 Å². The normalized spacial score (nSPS) is 12.4. The number of hydrogen-bond donors (Lipinski definition) is 0. The van der Waals surface area contributed by atoms with Gasteiger partial charge in [-0.15, -0.1) is 28.1 Å². The van der Waals surface area contributed by atoms with Crippen LogP contribution in [0.3, 0.4) is 0 Å². The summed E-state index contributed by atoms with van der Waals surface area (Å²) in [5.41, 5.74) is 1.71. The third-order valence-electron chi connectivity index (χ3n) is 4.14. The van der Waals surface area contributed by atoms with Crippen LogP contribution in [-0.4, -0.2) is 19.7 Å². The molecule has 0 aliphatic carbocycles. The van der Waals surface area contributed by atoms with Gasteiger partial charge in [-0.2, -0.15) is 0 Å². The third-order valence-corrected chi connectivity index (χ3v) is 6.38. The summed E-state index contributed by atoms with van der Waals surface area (Å²) in [5, 5.41) is 8.43. The van der Waals surface area contributed by atoms with E-state index in [9.17, 15) is 4.79 Å². The Morgan fingerprint density at radius 2 is 2.11 bits per heavy atom. The zero-order valence-electron chi connectivity index (χ0n) is 15.5. The first-order valence-corrected chi connectivity index (χ1v) is 10.4. The monoisotopic (exact) mass is 410 g/mol. The van der Waals surface area contributed by atoms with Crippen LogP contribution in [0.5, 0.6) is 0 Å². The van der Waals surface area contributed by atoms with Crippen molar-refractivity contribution in [1.29, 1.82) is 0 Å². The second kappa shape index (κ2) is 7.73. The summed E-state index contributed by atoms with van der Waals surface area (Å²) < 4.78 is 7.81. The molecule has 1 aromatic carbocycles. The number of allylic oxidation sites excluding steroid dienone is 1. The van der Waals surface area contributed by atoms with Gasteiger partial charge in [0, 0.05) is 18.3 Å². The average molecular weight is 411 g/mol. The van der Waals surface area contributed by atoms with Crippen molar-refractivity contribution in [2.24, 2.45) is 0 Å². The van der Waals surface area contributed by atoms with E-state index in [0.717, 1.165) is 10.4 Å². The highest BCUT2D eigenvalue weighted by atomic mass is 32.2. The van der Waals surface area contributed by atoms with Crippen LogP contribution in [0.4, 0.5) is 0 Å². The molecule has 1 unspecified atom stereocenters. The van der Waals surface area contributed by atoms with E-state index >= 15 is 0 Å². The number of aryl methyl sites for hydroxylation is 1. The van der Waals surface area contributed by atoms with Gasteiger partial charge < -0.3 is 4.42 Å². The molecule has 28 heavy (non-hydrogen) atoms. The maximum atomic E-state index is 13.1. The molecule has 0 saturated heterocycles. The van der Waals surface area contributed by atoms with Crippen LogP contribution in [0.1, 0.15) is 24.0 Å². The van der Waals surface area contributed by atoms with Gasteiger partial charge in [-0.05, 0) is 18.6 Å². The Kier molecular flexibility index (Phi) is 5.15. The zero-order chi connectivity index (χ0) is 19.7. The molecule has 4 aromatic rings. The van der Waals surface area contributed by atoms with Crippen molar-refractivity contribution in [2.45, 2.75) is 30.8 Å². The molecule has 0 saturated carbocycles. The number of nitrogens with zero attached hydrogens (tertiary/aromatic N) is 4. The Morgan fingerprint density at radius 3 is 2.79 bits per heavy atom. The highest BCUT2D eigenvalue weighted by Gasteiger charge is 2.20. The fourth-order valence-corrected chi connectivity index (χ4v) is 4.80. The molecule has 0 bridgehead atoms. The van der Waals surface area contributed by atoms with Crippen molar-refractivity contribution >= 4 is 33.3 Å². The molecule has 3 aromatic heterocycles. The number of hydrogen-bond acceptors (Lipinski definition) is 7. The topological polar surface area (TPSA) is 73.8 Å². The summed E-state index contributed by atoms with van der Waals surface area (Å²) in [6, 6.07) is 12.0. The Morgan fingerprint density at radius 1 is 1.32 bits per heavy atom. The van der Waals surface area contributed by atoms with Crippen molar-refractivity contribution in [2.75, 3.05) is 0 Å². The van der Waals surface area contributed by atoms with Crippen LogP contribution < -0.4 is 5.56 Å². The first-order valence-electron chi connectivity index (χ1n) is 8.74. The largest absolute Gasteiger partial charge is 0.424 e. The molecule has 1 atom stereocenters. The molecule has 8 heteroatoms. The summed E-state index contributed by atoms with van der Waals surface area (Å²) in [7, 11) is 0. The lowest BCUT2D eigenvalue weighted by molar-refractivity contribution is 0.469. The Balaban J connectivity index is 1.79. The zero-order valence-corrected chi connectivity index (χ0v) is 17.1. The highest BCUT2D eigenvalue weighted by molar-refractivity contribution is 7.99. The van der Waals surface area contributed by atoms with Crippen LogP contribution >= 0.6 is 23.1 Å². The number of aromatic nitrogens is 4. The standard InChI is InChI=1S/C20H18N4O2S2/c1-4-10-24-19(25)17-15(11-16(28-17)14-8-6-5-7-9-14)21-20(24)27-12(2)18-23-22-13(3)26-18/h4-9,11-12H,1,10H2,2-3H3. The van der Waals surface area contributed by atoms with Crippen molar-refractivity contribution in [1.82, 2.24) is 19.7 Å². The maximum Gasteiger partial charge on any atom is 0.272 e. The smallest absolute Gasteiger partial charge is 0.272 e. The number of benzene rings is 1. The maximum absolute atomic E-state index is 13.1. The van der Waals surface area contributed by atoms with Gasteiger partial charge in [-0.3, -0.25) is 9.36 Å². The molecular weight excluding hydrogens is 392 g/mol. The van der Waals surface area contributed by atoms with Crippen LogP contribution in [-0.2, 0) is 6.54 Å². The van der Waals surface area contributed by atoms with Crippen molar-refractivity contribution in [3.05, 3.63) is 71.2 Å². The Labute approximate surface area is 170 Å². The van der Waals surface area contributed by atoms with E-state index in [-0.39, 0.29) is 10.8 Å². The first kappa shape index (κ1) is 18.6. The van der Waals surface area contributed by atoms with Crippen molar-refractivity contribution in [3.63, 3.8) is 0 Å². The van der Waals surface area contributed by atoms with Crippen LogP contribution in [0.2, 0.25) is 0 Å². The summed E-state index contributed by atoms with van der Waals surface area (Å²) in [6.45, 7) is 7.87. The van der Waals surface area contributed by atoms with E-state index in [2.05, 4.69) is 16.8 Å². The van der Waals surface area contributed by atoms with Gasteiger partial charge >= 0.3 is 0 Å². The van der Waals surface area contributed by atoms with Gasteiger partial charge in [-0.1, -0.05) is 48.2 Å². The van der Waals surface area contributed by atoms with Gasteiger partial charge in [0.1, 0.15) is 4.70 Å². The molecular formula is C20H18N4O2S2. The molecule has 3 heterocycles. The highest BCUT2D eigenvalue weighted by Crippen LogP contribution is 2.35. The second-order valence-corrected chi connectivity index (χ2v) is 8.57. The molecule has 6 nitrogen and oxygen atoms in total. The molecule has 0 fully saturated rings. The minimum absolute atomic E-state index is 0.0616. The van der Waals surface area contributed by atoms with E-state index in [0.29, 0.717) is 33.7 Å². The van der Waals surface area contributed by atoms with Gasteiger partial charge in [0.2, 0.25) is 11.8 Å². The predicted molar refractivity (Wildman–Crippen MR) is 113 cm³/mol. The quantitative estimate of drug-likeness (QED) is 0.257. The Hall–Kier alpha value is -2.71. The van der Waals surface area contributed by atoms with Gasteiger partial charge in [0.05, 0.1) is 10.8 Å². The van der Waals surface area contributed by atoms with Crippen LogP contribution in [0.25, 0.3) is 20.7 Å². The minimum atomic E-state index is -0.131. The molecule has 4 rings (SSSR count). The van der Waals surface area contributed by atoms with Gasteiger partial charge in [0.15, 0.2) is 5.16 Å². The second-order valence-electron chi connectivity index (χ2n) is 6.21. The van der Waals surface area contributed by atoms with Crippen molar-refractivity contribution < 1.29 is 4.42 Å². The fraction of sp³-hybridized carbons (Fsp3) is 0.200. The average Bonchev–Trinajstić information content (AvgIpc) is 3.32.